The van der Waals surface area contributed by atoms with Gasteiger partial charge in [-0.15, -0.1) is 23.5 Å². The minimum atomic E-state index is -3.52. The molecule has 3 N–H and O–H groups in total. The summed E-state index contributed by atoms with van der Waals surface area (Å²) >= 11 is 3.58. The van der Waals surface area contributed by atoms with Crippen LogP contribution in [0.3, 0.4) is 0 Å². The number of nitrogens with zero attached hydrogens (tertiary/aromatic N) is 2. The second-order valence-corrected chi connectivity index (χ2v) is 16.5. The lowest BCUT2D eigenvalue weighted by molar-refractivity contribution is -0.140. The summed E-state index contributed by atoms with van der Waals surface area (Å²) < 4.78 is 29.3. The van der Waals surface area contributed by atoms with Crippen molar-refractivity contribution in [3.8, 4) is 0 Å². The van der Waals surface area contributed by atoms with Gasteiger partial charge in [-0.25, -0.2) is 17.9 Å². The van der Waals surface area contributed by atoms with Gasteiger partial charge < -0.3 is 15.5 Å². The molecule has 8 unspecified atom stereocenters. The molecule has 5 aliphatic rings. The molecule has 9 nitrogen and oxygen atoms in total. The zero-order chi connectivity index (χ0) is 25.1. The summed E-state index contributed by atoms with van der Waals surface area (Å²) in [6, 6.07) is -0.164. The van der Waals surface area contributed by atoms with Gasteiger partial charge >= 0.3 is 6.03 Å². The van der Waals surface area contributed by atoms with Crippen LogP contribution in [0.1, 0.15) is 59.8 Å². The molecule has 3 saturated heterocycles. The van der Waals surface area contributed by atoms with Gasteiger partial charge in [0.05, 0.1) is 21.9 Å². The van der Waals surface area contributed by atoms with E-state index in [1.165, 1.54) is 4.90 Å². The fourth-order valence-corrected chi connectivity index (χ4v) is 10.6. The number of sulfonamides is 1. The number of hydrogen-bond donors (Lipinski definition) is 3. The monoisotopic (exact) mass is 545 g/mol. The third kappa shape index (κ3) is 5.38. The first-order chi connectivity index (χ1) is 16.5. The van der Waals surface area contributed by atoms with Crippen molar-refractivity contribution in [3.05, 3.63) is 0 Å². The summed E-state index contributed by atoms with van der Waals surface area (Å²) in [5.41, 5.74) is -0.330. The van der Waals surface area contributed by atoms with E-state index in [9.17, 15) is 18.0 Å². The number of imide groups is 1. The molecular weight excluding hydrogens is 506 g/mol. The molecule has 5 rings (SSSR count). The number of carbonyl (C=O) groups is 2. The van der Waals surface area contributed by atoms with Crippen LogP contribution in [0.25, 0.3) is 0 Å². The Morgan fingerprint density at radius 2 is 1.83 bits per heavy atom. The van der Waals surface area contributed by atoms with E-state index in [0.29, 0.717) is 36.7 Å². The molecule has 8 atom stereocenters. The number of thioether (sulfide) groups is 2. The van der Waals surface area contributed by atoms with E-state index in [1.807, 2.05) is 23.6 Å². The Morgan fingerprint density at radius 3 is 2.43 bits per heavy atom. The summed E-state index contributed by atoms with van der Waals surface area (Å²) in [7, 11) is -3.52. The van der Waals surface area contributed by atoms with Gasteiger partial charge in [-0.05, 0) is 59.8 Å². The number of hydrogen-bond acceptors (Lipinski definition) is 8. The smallest absolute Gasteiger partial charge is 0.319 e. The standard InChI is InChI=1S/C23H39N5O4S3/c1-13-20(34-15(3)25-13)12-27-19-6-5-17(35(31,32)26-23(4)7-8-23)9-18(19)21(29)28(22(27)30)11-16-10-24-14(2)33-16/h13-20,24-26H,5-12H2,1-4H3. The largest absolute Gasteiger partial charge is 0.327 e. The fourth-order valence-electron chi connectivity index (χ4n) is 6.01. The van der Waals surface area contributed by atoms with Crippen LogP contribution in [0.5, 0.6) is 0 Å². The van der Waals surface area contributed by atoms with Crippen LogP contribution in [0.2, 0.25) is 0 Å². The maximum atomic E-state index is 13.8. The predicted octanol–water partition coefficient (Wildman–Crippen LogP) is 1.75. The Hall–Kier alpha value is -0.530. The topological polar surface area (TPSA) is 111 Å². The molecule has 2 saturated carbocycles. The second kappa shape index (κ2) is 9.65. The Kier molecular flexibility index (Phi) is 7.19. The molecule has 12 heteroatoms. The first-order valence-corrected chi connectivity index (χ1v) is 16.3. The van der Waals surface area contributed by atoms with Crippen LogP contribution in [0.4, 0.5) is 4.79 Å². The van der Waals surface area contributed by atoms with E-state index in [4.69, 9.17) is 0 Å². The van der Waals surface area contributed by atoms with Crippen LogP contribution >= 0.6 is 23.5 Å². The third-order valence-corrected chi connectivity index (χ3v) is 13.1. The highest BCUT2D eigenvalue weighted by atomic mass is 32.2. The van der Waals surface area contributed by atoms with Gasteiger partial charge in [0.15, 0.2) is 0 Å². The van der Waals surface area contributed by atoms with Gasteiger partial charge in [-0.2, -0.15) is 0 Å². The Bertz CT molecular complexity index is 961. The van der Waals surface area contributed by atoms with Gasteiger partial charge in [0.25, 0.3) is 0 Å². The quantitative estimate of drug-likeness (QED) is 0.444. The summed E-state index contributed by atoms with van der Waals surface area (Å²) in [6.45, 7) is 10.0. The molecule has 3 amide bonds. The van der Waals surface area contributed by atoms with Crippen molar-refractivity contribution in [2.45, 2.75) is 104 Å². The first kappa shape index (κ1) is 26.1. The maximum absolute atomic E-state index is 13.8. The van der Waals surface area contributed by atoms with Gasteiger partial charge in [-0.3, -0.25) is 9.69 Å². The van der Waals surface area contributed by atoms with Crippen LogP contribution < -0.4 is 15.4 Å². The van der Waals surface area contributed by atoms with E-state index < -0.39 is 21.2 Å². The zero-order valence-electron chi connectivity index (χ0n) is 21.0. The maximum Gasteiger partial charge on any atom is 0.327 e. The lowest BCUT2D eigenvalue weighted by Crippen LogP contribution is -2.66. The molecule has 2 aliphatic carbocycles. The molecule has 0 aromatic heterocycles. The summed E-state index contributed by atoms with van der Waals surface area (Å²) in [5, 5.41) is 7.32. The fraction of sp³-hybridized carbons (Fsp3) is 0.913. The van der Waals surface area contributed by atoms with E-state index in [-0.39, 0.29) is 46.5 Å². The highest BCUT2D eigenvalue weighted by Gasteiger charge is 2.53. The number of amides is 3. The Morgan fingerprint density at radius 1 is 1.09 bits per heavy atom. The summed E-state index contributed by atoms with van der Waals surface area (Å²) in [5.74, 6) is -0.661. The van der Waals surface area contributed by atoms with Crippen molar-refractivity contribution < 1.29 is 18.0 Å². The van der Waals surface area contributed by atoms with Crippen molar-refractivity contribution >= 4 is 45.5 Å². The van der Waals surface area contributed by atoms with Crippen molar-refractivity contribution in [3.63, 3.8) is 0 Å². The van der Waals surface area contributed by atoms with Gasteiger partial charge in [0, 0.05) is 47.8 Å². The Balaban J connectivity index is 1.37. The minimum absolute atomic E-state index is 0.150. The lowest BCUT2D eigenvalue weighted by Gasteiger charge is -2.49. The summed E-state index contributed by atoms with van der Waals surface area (Å²) in [4.78, 5) is 30.8. The number of urea groups is 1. The molecule has 0 spiro atoms. The number of carbonyl (C=O) groups excluding carboxylic acids is 2. The molecule has 3 heterocycles. The molecule has 5 fully saturated rings. The van der Waals surface area contributed by atoms with E-state index in [1.54, 1.807) is 11.8 Å². The lowest BCUT2D eigenvalue weighted by atomic mass is 9.80. The SMILES string of the molecule is CC1NCC(CN2C(=O)C3CC(S(=O)(=O)NC4(C)CC4)CCC3N(CC3SC(C)NC3C)C2=O)S1. The average Bonchev–Trinajstić information content (AvgIpc) is 3.20. The van der Waals surface area contributed by atoms with Crippen LogP contribution in [-0.4, -0.2) is 93.9 Å². The van der Waals surface area contributed by atoms with Crippen LogP contribution in [-0.2, 0) is 14.8 Å². The molecule has 0 aromatic carbocycles. The number of rotatable bonds is 7. The van der Waals surface area contributed by atoms with Crippen molar-refractivity contribution in [1.82, 2.24) is 25.2 Å². The molecular formula is C23H39N5O4S3. The van der Waals surface area contributed by atoms with Crippen LogP contribution in [0.15, 0.2) is 0 Å². The Labute approximate surface area is 217 Å². The molecule has 0 aromatic rings. The number of nitrogens with one attached hydrogen (secondary N) is 3. The zero-order valence-corrected chi connectivity index (χ0v) is 23.5. The predicted molar refractivity (Wildman–Crippen MR) is 141 cm³/mol. The van der Waals surface area contributed by atoms with Crippen LogP contribution in [0, 0.1) is 5.92 Å². The van der Waals surface area contributed by atoms with Crippen molar-refractivity contribution in [2.24, 2.45) is 5.92 Å². The highest BCUT2D eigenvalue weighted by molar-refractivity contribution is 8.01. The first-order valence-electron chi connectivity index (χ1n) is 12.9. The molecule has 35 heavy (non-hydrogen) atoms. The highest BCUT2D eigenvalue weighted by Crippen LogP contribution is 2.41. The second-order valence-electron chi connectivity index (χ2n) is 11.3. The molecule has 3 aliphatic heterocycles. The van der Waals surface area contributed by atoms with Crippen molar-refractivity contribution in [2.75, 3.05) is 19.6 Å². The minimum Gasteiger partial charge on any atom is -0.319 e. The van der Waals surface area contributed by atoms with Gasteiger partial charge in [0.1, 0.15) is 0 Å². The molecule has 0 bridgehead atoms. The average molecular weight is 546 g/mol. The van der Waals surface area contributed by atoms with Crippen molar-refractivity contribution in [1.29, 1.82) is 0 Å². The van der Waals surface area contributed by atoms with E-state index in [0.717, 1.165) is 19.4 Å². The van der Waals surface area contributed by atoms with E-state index in [2.05, 4.69) is 36.1 Å². The van der Waals surface area contributed by atoms with E-state index >= 15 is 0 Å². The van der Waals surface area contributed by atoms with Gasteiger partial charge in [0.2, 0.25) is 15.9 Å². The number of fused-ring (bicyclic) bond motifs is 1. The normalized spacial score (nSPS) is 41.4. The van der Waals surface area contributed by atoms with Gasteiger partial charge in [-0.1, -0.05) is 0 Å². The third-order valence-electron chi connectivity index (χ3n) is 8.28. The summed E-state index contributed by atoms with van der Waals surface area (Å²) in [6.07, 6.45) is 3.02. The molecule has 0 radical (unpaired) electrons. The molecule has 198 valence electrons.